The fourth-order valence-electron chi connectivity index (χ4n) is 4.79. The molecule has 1 saturated heterocycles. The van der Waals surface area contributed by atoms with Crippen LogP contribution in [0.2, 0.25) is 0 Å². The van der Waals surface area contributed by atoms with Crippen molar-refractivity contribution in [2.75, 3.05) is 19.6 Å². The summed E-state index contributed by atoms with van der Waals surface area (Å²) in [7, 11) is 0. The summed E-state index contributed by atoms with van der Waals surface area (Å²) in [6, 6.07) is 13.6. The van der Waals surface area contributed by atoms with E-state index in [0.717, 1.165) is 36.2 Å². The summed E-state index contributed by atoms with van der Waals surface area (Å²) in [5, 5.41) is 4.93. The van der Waals surface area contributed by atoms with Crippen LogP contribution in [0.1, 0.15) is 48.9 Å². The molecule has 142 valence electrons. The molecule has 4 heteroatoms. The summed E-state index contributed by atoms with van der Waals surface area (Å²) in [5.41, 5.74) is 0.670. The van der Waals surface area contributed by atoms with Gasteiger partial charge in [-0.3, -0.25) is 9.59 Å². The average molecular weight is 364 g/mol. The fraction of sp³-hybridized carbons (Fsp3) is 0.478. The smallest absolute Gasteiger partial charge is 0.251 e. The third-order valence-corrected chi connectivity index (χ3v) is 6.30. The Hall–Kier alpha value is -2.36. The average Bonchev–Trinajstić information content (AvgIpc) is 2.72. The lowest BCUT2D eigenvalue weighted by molar-refractivity contribution is -0.134. The van der Waals surface area contributed by atoms with Gasteiger partial charge in [-0.2, -0.15) is 0 Å². The summed E-state index contributed by atoms with van der Waals surface area (Å²) >= 11 is 0. The van der Waals surface area contributed by atoms with E-state index in [1.165, 1.54) is 25.7 Å². The van der Waals surface area contributed by atoms with Crippen LogP contribution in [0.3, 0.4) is 0 Å². The Morgan fingerprint density at radius 1 is 0.963 bits per heavy atom. The number of hydrogen-bond donors (Lipinski definition) is 1. The number of amides is 2. The summed E-state index contributed by atoms with van der Waals surface area (Å²) in [4.78, 5) is 27.2. The van der Waals surface area contributed by atoms with Crippen LogP contribution >= 0.6 is 0 Å². The molecule has 4 rings (SSSR count). The van der Waals surface area contributed by atoms with Crippen molar-refractivity contribution in [2.24, 2.45) is 11.8 Å². The molecule has 2 unspecified atom stereocenters. The Morgan fingerprint density at radius 3 is 2.63 bits per heavy atom. The number of carbonyl (C=O) groups is 2. The predicted molar refractivity (Wildman–Crippen MR) is 108 cm³/mol. The molecule has 2 atom stereocenters. The number of carbonyl (C=O) groups excluding carboxylic acids is 2. The molecule has 1 heterocycles. The molecule has 1 aliphatic heterocycles. The van der Waals surface area contributed by atoms with E-state index in [9.17, 15) is 9.59 Å². The molecule has 0 bridgehead atoms. The normalized spacial score (nSPS) is 22.3. The van der Waals surface area contributed by atoms with Crippen molar-refractivity contribution >= 4 is 22.6 Å². The number of piperidine rings is 1. The minimum Gasteiger partial charge on any atom is -0.352 e. The third kappa shape index (κ3) is 4.00. The maximum Gasteiger partial charge on any atom is 0.251 e. The number of likely N-dealkylation sites (tertiary alicyclic amines) is 1. The third-order valence-electron chi connectivity index (χ3n) is 6.30. The van der Waals surface area contributed by atoms with E-state index in [2.05, 4.69) is 5.32 Å². The molecular formula is C23H28N2O2. The maximum absolute atomic E-state index is 12.6. The zero-order chi connectivity index (χ0) is 18.6. The highest BCUT2D eigenvalue weighted by Gasteiger charge is 2.32. The molecular weight excluding hydrogens is 336 g/mol. The molecule has 0 radical (unpaired) electrons. The van der Waals surface area contributed by atoms with Gasteiger partial charge in [-0.1, -0.05) is 55.7 Å². The molecule has 1 aliphatic carbocycles. The molecule has 2 amide bonds. The Morgan fingerprint density at radius 2 is 1.74 bits per heavy atom. The summed E-state index contributed by atoms with van der Waals surface area (Å²) in [6.45, 7) is 2.20. The molecule has 2 aliphatic rings. The van der Waals surface area contributed by atoms with Crippen LogP contribution in [-0.2, 0) is 4.79 Å². The molecule has 1 N–H and O–H groups in total. The van der Waals surface area contributed by atoms with Crippen molar-refractivity contribution in [3.63, 3.8) is 0 Å². The first-order valence-electron chi connectivity index (χ1n) is 10.3. The van der Waals surface area contributed by atoms with Crippen LogP contribution in [0.4, 0.5) is 0 Å². The summed E-state index contributed by atoms with van der Waals surface area (Å²) in [6.07, 6.45) is 6.81. The van der Waals surface area contributed by atoms with E-state index < -0.39 is 0 Å². The van der Waals surface area contributed by atoms with Crippen molar-refractivity contribution < 1.29 is 9.59 Å². The van der Waals surface area contributed by atoms with Crippen molar-refractivity contribution in [3.8, 4) is 0 Å². The molecule has 0 spiro atoms. The topological polar surface area (TPSA) is 49.4 Å². The highest BCUT2D eigenvalue weighted by Crippen LogP contribution is 2.36. The summed E-state index contributed by atoms with van der Waals surface area (Å²) < 4.78 is 0. The molecule has 1 saturated carbocycles. The fourth-order valence-corrected chi connectivity index (χ4v) is 4.79. The van der Waals surface area contributed by atoms with Gasteiger partial charge < -0.3 is 10.2 Å². The van der Waals surface area contributed by atoms with Gasteiger partial charge >= 0.3 is 0 Å². The minimum atomic E-state index is -0.106. The van der Waals surface area contributed by atoms with Crippen molar-refractivity contribution in [1.29, 1.82) is 0 Å². The highest BCUT2D eigenvalue weighted by atomic mass is 16.2. The van der Waals surface area contributed by atoms with Gasteiger partial charge in [-0.25, -0.2) is 0 Å². The quantitative estimate of drug-likeness (QED) is 0.891. The lowest BCUT2D eigenvalue weighted by atomic mass is 9.75. The zero-order valence-corrected chi connectivity index (χ0v) is 15.8. The molecule has 2 fully saturated rings. The van der Waals surface area contributed by atoms with E-state index in [0.29, 0.717) is 24.4 Å². The van der Waals surface area contributed by atoms with E-state index in [1.807, 2.05) is 47.4 Å². The van der Waals surface area contributed by atoms with Gasteiger partial charge in [0, 0.05) is 31.6 Å². The Kier molecular flexibility index (Phi) is 5.42. The van der Waals surface area contributed by atoms with E-state index >= 15 is 0 Å². The van der Waals surface area contributed by atoms with Gasteiger partial charge in [0.05, 0.1) is 0 Å². The van der Waals surface area contributed by atoms with E-state index in [4.69, 9.17) is 0 Å². The van der Waals surface area contributed by atoms with E-state index in [-0.39, 0.29) is 11.8 Å². The van der Waals surface area contributed by atoms with Crippen LogP contribution in [-0.4, -0.2) is 36.3 Å². The molecule has 2 aromatic carbocycles. The van der Waals surface area contributed by atoms with Gasteiger partial charge in [0.2, 0.25) is 5.91 Å². The number of nitrogens with one attached hydrogen (secondary N) is 1. The molecule has 2 aromatic rings. The second-order valence-electron chi connectivity index (χ2n) is 7.97. The lowest BCUT2D eigenvalue weighted by Gasteiger charge is -2.41. The number of rotatable bonds is 4. The number of fused-ring (bicyclic) bond motifs is 2. The molecule has 4 nitrogen and oxygen atoms in total. The zero-order valence-electron chi connectivity index (χ0n) is 15.8. The van der Waals surface area contributed by atoms with Crippen molar-refractivity contribution in [3.05, 3.63) is 48.0 Å². The lowest BCUT2D eigenvalue weighted by Crippen LogP contribution is -2.45. The van der Waals surface area contributed by atoms with Crippen molar-refractivity contribution in [1.82, 2.24) is 10.2 Å². The van der Waals surface area contributed by atoms with Crippen LogP contribution < -0.4 is 5.32 Å². The minimum absolute atomic E-state index is 0.106. The number of benzene rings is 2. The van der Waals surface area contributed by atoms with Gasteiger partial charge in [0.1, 0.15) is 0 Å². The predicted octanol–water partition coefficient (Wildman–Crippen LogP) is 4.00. The van der Waals surface area contributed by atoms with Crippen molar-refractivity contribution in [2.45, 2.75) is 38.5 Å². The van der Waals surface area contributed by atoms with Crippen LogP contribution in [0.5, 0.6) is 0 Å². The number of nitrogens with zero attached hydrogens (tertiary/aromatic N) is 1. The maximum atomic E-state index is 12.6. The Bertz CT molecular complexity index is 827. The second kappa shape index (κ2) is 8.12. The first-order chi connectivity index (χ1) is 13.2. The molecule has 0 aromatic heterocycles. The van der Waals surface area contributed by atoms with Crippen LogP contribution in [0.25, 0.3) is 10.8 Å². The number of hydrogen-bond acceptors (Lipinski definition) is 2. The van der Waals surface area contributed by atoms with E-state index in [1.54, 1.807) is 0 Å². The van der Waals surface area contributed by atoms with Gasteiger partial charge in [-0.15, -0.1) is 0 Å². The summed E-state index contributed by atoms with van der Waals surface area (Å²) in [5.74, 6) is 1.60. The first-order valence-corrected chi connectivity index (χ1v) is 10.3. The largest absolute Gasteiger partial charge is 0.352 e. The monoisotopic (exact) mass is 364 g/mol. The van der Waals surface area contributed by atoms with Gasteiger partial charge in [-0.05, 0) is 41.5 Å². The van der Waals surface area contributed by atoms with Crippen LogP contribution in [0.15, 0.2) is 42.5 Å². The first kappa shape index (κ1) is 18.0. The standard InChI is InChI=1S/C23H28N2O2/c26-22(25-15-13-17-6-1-2-8-19(17)16-25)12-14-24-23(27)21-11-5-9-18-7-3-4-10-20(18)21/h3-5,7,9-11,17,19H,1-2,6,8,12-16H2,(H,24,27). The van der Waals surface area contributed by atoms with Crippen LogP contribution in [0, 0.1) is 11.8 Å². The second-order valence-corrected chi connectivity index (χ2v) is 7.97. The molecule has 27 heavy (non-hydrogen) atoms. The Balaban J connectivity index is 1.30. The SMILES string of the molecule is O=C(NCCC(=O)N1CCC2CCCCC2C1)c1cccc2ccccc12. The van der Waals surface area contributed by atoms with Gasteiger partial charge in [0.25, 0.3) is 5.91 Å². The highest BCUT2D eigenvalue weighted by molar-refractivity contribution is 6.07. The Labute approximate surface area is 160 Å². The van der Waals surface area contributed by atoms with Gasteiger partial charge in [0.15, 0.2) is 0 Å².